The molecule has 1 aromatic heterocycles. The lowest BCUT2D eigenvalue weighted by atomic mass is 10.2. The third-order valence-corrected chi connectivity index (χ3v) is 1.79. The van der Waals surface area contributed by atoms with E-state index in [0.29, 0.717) is 0 Å². The number of aromatic amines is 1. The standard InChI is InChI=1S/C10H8N2.2C2H6/c1-3-8-5-4-6-9-10(8)12-7(2)11-9;2*1-2/h1,4-6H,2H3,(H,11,12);2*1-2H3. The molecule has 1 heterocycles. The number of para-hydroxylation sites is 1. The smallest absolute Gasteiger partial charge is 0.104 e. The summed E-state index contributed by atoms with van der Waals surface area (Å²) < 4.78 is 0. The molecule has 86 valence electrons. The summed E-state index contributed by atoms with van der Waals surface area (Å²) >= 11 is 0. The van der Waals surface area contributed by atoms with E-state index in [-0.39, 0.29) is 0 Å². The summed E-state index contributed by atoms with van der Waals surface area (Å²) in [6.07, 6.45) is 5.32. The maximum absolute atomic E-state index is 5.32. The average Bonchev–Trinajstić information content (AvgIpc) is 2.74. The molecule has 2 nitrogen and oxygen atoms in total. The van der Waals surface area contributed by atoms with Crippen LogP contribution in [0.25, 0.3) is 11.0 Å². The Kier molecular flexibility index (Phi) is 6.71. The molecule has 1 N–H and O–H groups in total. The number of nitrogens with zero attached hydrogens (tertiary/aromatic N) is 1. The average molecular weight is 216 g/mol. The van der Waals surface area contributed by atoms with Crippen molar-refractivity contribution in [3.05, 3.63) is 29.6 Å². The van der Waals surface area contributed by atoms with Crippen LogP contribution in [0.3, 0.4) is 0 Å². The molecule has 0 radical (unpaired) electrons. The molecule has 0 unspecified atom stereocenters. The molecule has 0 bridgehead atoms. The molecule has 2 aromatic rings. The molecule has 0 fully saturated rings. The molecule has 0 aliphatic heterocycles. The van der Waals surface area contributed by atoms with E-state index >= 15 is 0 Å². The van der Waals surface area contributed by atoms with Crippen molar-refractivity contribution in [1.29, 1.82) is 0 Å². The van der Waals surface area contributed by atoms with Crippen molar-refractivity contribution in [1.82, 2.24) is 9.97 Å². The van der Waals surface area contributed by atoms with Crippen LogP contribution in [0.1, 0.15) is 39.1 Å². The fourth-order valence-electron chi connectivity index (χ4n) is 1.27. The number of fused-ring (bicyclic) bond motifs is 1. The Morgan fingerprint density at radius 1 is 1.19 bits per heavy atom. The molecule has 0 aliphatic rings. The van der Waals surface area contributed by atoms with Gasteiger partial charge in [0, 0.05) is 0 Å². The van der Waals surface area contributed by atoms with E-state index < -0.39 is 0 Å². The van der Waals surface area contributed by atoms with Crippen molar-refractivity contribution in [2.45, 2.75) is 34.6 Å². The first kappa shape index (κ1) is 14.2. The highest BCUT2D eigenvalue weighted by Crippen LogP contribution is 2.14. The number of aryl methyl sites for hydroxylation is 1. The number of hydrogen-bond donors (Lipinski definition) is 1. The number of hydrogen-bond acceptors (Lipinski definition) is 1. The summed E-state index contributed by atoms with van der Waals surface area (Å²) in [7, 11) is 0. The number of H-pyrrole nitrogens is 1. The van der Waals surface area contributed by atoms with Crippen molar-refractivity contribution in [2.75, 3.05) is 0 Å². The quantitative estimate of drug-likeness (QED) is 0.665. The van der Waals surface area contributed by atoms with E-state index in [0.717, 1.165) is 22.4 Å². The van der Waals surface area contributed by atoms with Gasteiger partial charge >= 0.3 is 0 Å². The molecule has 2 heteroatoms. The van der Waals surface area contributed by atoms with Crippen molar-refractivity contribution in [3.63, 3.8) is 0 Å². The van der Waals surface area contributed by atoms with Crippen LogP contribution in [-0.2, 0) is 0 Å². The van der Waals surface area contributed by atoms with Crippen molar-refractivity contribution >= 4 is 11.0 Å². The van der Waals surface area contributed by atoms with Crippen molar-refractivity contribution in [2.24, 2.45) is 0 Å². The summed E-state index contributed by atoms with van der Waals surface area (Å²) in [6.45, 7) is 9.92. The monoisotopic (exact) mass is 216 g/mol. The van der Waals surface area contributed by atoms with Crippen LogP contribution in [0.15, 0.2) is 18.2 Å². The van der Waals surface area contributed by atoms with Gasteiger partial charge in [-0.15, -0.1) is 6.42 Å². The zero-order valence-electron chi connectivity index (χ0n) is 10.8. The fraction of sp³-hybridized carbons (Fsp3) is 0.357. The second kappa shape index (κ2) is 7.53. The van der Waals surface area contributed by atoms with Crippen LogP contribution in [0.5, 0.6) is 0 Å². The molecular formula is C14H20N2. The highest BCUT2D eigenvalue weighted by molar-refractivity contribution is 5.81. The summed E-state index contributed by atoms with van der Waals surface area (Å²) in [5, 5.41) is 0. The van der Waals surface area contributed by atoms with Gasteiger partial charge < -0.3 is 4.98 Å². The molecule has 16 heavy (non-hydrogen) atoms. The molecule has 0 saturated heterocycles. The molecule has 0 atom stereocenters. The Balaban J connectivity index is 0.000000509. The zero-order chi connectivity index (χ0) is 12.6. The summed E-state index contributed by atoms with van der Waals surface area (Å²) in [5.41, 5.74) is 2.73. The van der Waals surface area contributed by atoms with Crippen LogP contribution in [0.4, 0.5) is 0 Å². The number of nitrogens with one attached hydrogen (secondary N) is 1. The van der Waals surface area contributed by atoms with Crippen LogP contribution in [-0.4, -0.2) is 9.97 Å². The van der Waals surface area contributed by atoms with Gasteiger partial charge in [0.25, 0.3) is 0 Å². The molecule has 1 aromatic carbocycles. The Labute approximate surface area is 98.1 Å². The largest absolute Gasteiger partial charge is 0.342 e. The Hall–Kier alpha value is -1.75. The molecular weight excluding hydrogens is 196 g/mol. The Morgan fingerprint density at radius 3 is 2.38 bits per heavy atom. The topological polar surface area (TPSA) is 28.7 Å². The van der Waals surface area contributed by atoms with E-state index in [2.05, 4.69) is 15.9 Å². The first-order valence-corrected chi connectivity index (χ1v) is 5.73. The van der Waals surface area contributed by atoms with E-state index in [9.17, 15) is 0 Å². The summed E-state index contributed by atoms with van der Waals surface area (Å²) in [6, 6.07) is 5.79. The van der Waals surface area contributed by atoms with Gasteiger partial charge in [-0.1, -0.05) is 39.7 Å². The fourth-order valence-corrected chi connectivity index (χ4v) is 1.27. The van der Waals surface area contributed by atoms with Crippen LogP contribution >= 0.6 is 0 Å². The predicted molar refractivity (Wildman–Crippen MR) is 71.5 cm³/mol. The molecule has 0 spiro atoms. The number of aromatic nitrogens is 2. The van der Waals surface area contributed by atoms with Gasteiger partial charge in [0.15, 0.2) is 0 Å². The SMILES string of the molecule is C#Cc1cccc2[nH]c(C)nc12.CC.CC. The number of benzene rings is 1. The van der Waals surface area contributed by atoms with E-state index in [4.69, 9.17) is 6.42 Å². The number of imidazole rings is 1. The van der Waals surface area contributed by atoms with Crippen LogP contribution in [0, 0.1) is 19.3 Å². The van der Waals surface area contributed by atoms with E-state index in [1.165, 1.54) is 0 Å². The molecule has 0 amide bonds. The lowest BCUT2D eigenvalue weighted by Gasteiger charge is -1.89. The molecule has 0 saturated carbocycles. The van der Waals surface area contributed by atoms with Gasteiger partial charge in [0.1, 0.15) is 11.3 Å². The maximum atomic E-state index is 5.32. The van der Waals surface area contributed by atoms with E-state index in [1.807, 2.05) is 52.8 Å². The number of terminal acetylenes is 1. The minimum atomic E-state index is 0.844. The Morgan fingerprint density at radius 2 is 1.81 bits per heavy atom. The number of rotatable bonds is 0. The first-order valence-electron chi connectivity index (χ1n) is 5.73. The predicted octanol–water partition coefficient (Wildman–Crippen LogP) is 3.91. The van der Waals surface area contributed by atoms with Crippen LogP contribution in [0.2, 0.25) is 0 Å². The van der Waals surface area contributed by atoms with Gasteiger partial charge in [-0.05, 0) is 19.1 Å². The minimum Gasteiger partial charge on any atom is -0.342 e. The summed E-state index contributed by atoms with van der Waals surface area (Å²) in [5.74, 6) is 3.50. The lowest BCUT2D eigenvalue weighted by Crippen LogP contribution is -1.76. The normalized spacial score (nSPS) is 8.25. The van der Waals surface area contributed by atoms with Gasteiger partial charge in [-0.3, -0.25) is 0 Å². The minimum absolute atomic E-state index is 0.844. The van der Waals surface area contributed by atoms with Gasteiger partial charge in [0.2, 0.25) is 0 Å². The Bertz CT molecular complexity index is 461. The first-order chi connectivity index (χ1) is 7.81. The van der Waals surface area contributed by atoms with Gasteiger partial charge in [-0.2, -0.15) is 0 Å². The third-order valence-electron chi connectivity index (χ3n) is 1.79. The molecule has 2 rings (SSSR count). The molecule has 0 aliphatic carbocycles. The highest BCUT2D eigenvalue weighted by atomic mass is 14.9. The van der Waals surface area contributed by atoms with Gasteiger partial charge in [0.05, 0.1) is 11.1 Å². The second-order valence-electron chi connectivity index (χ2n) is 2.67. The van der Waals surface area contributed by atoms with Crippen LogP contribution < -0.4 is 0 Å². The second-order valence-corrected chi connectivity index (χ2v) is 2.67. The lowest BCUT2D eigenvalue weighted by molar-refractivity contribution is 1.17. The van der Waals surface area contributed by atoms with Crippen molar-refractivity contribution < 1.29 is 0 Å². The maximum Gasteiger partial charge on any atom is 0.104 e. The highest BCUT2D eigenvalue weighted by Gasteiger charge is 2.01. The zero-order valence-corrected chi connectivity index (χ0v) is 10.8. The van der Waals surface area contributed by atoms with Crippen molar-refractivity contribution in [3.8, 4) is 12.3 Å². The summed E-state index contributed by atoms with van der Waals surface area (Å²) in [4.78, 5) is 7.41. The third kappa shape index (κ3) is 3.13. The van der Waals surface area contributed by atoms with Gasteiger partial charge in [-0.25, -0.2) is 4.98 Å². The van der Waals surface area contributed by atoms with E-state index in [1.54, 1.807) is 0 Å².